The van der Waals surface area contributed by atoms with Gasteiger partial charge in [-0.25, -0.2) is 4.39 Å². The lowest BCUT2D eigenvalue weighted by Crippen LogP contribution is -2.40. The van der Waals surface area contributed by atoms with Gasteiger partial charge in [0, 0.05) is 28.5 Å². The molecule has 0 aliphatic heterocycles. The molecule has 2 atom stereocenters. The summed E-state index contributed by atoms with van der Waals surface area (Å²) in [6, 6.07) is 5.02. The molecule has 1 aromatic rings. The van der Waals surface area contributed by atoms with Crippen molar-refractivity contribution in [2.24, 2.45) is 0 Å². The number of rotatable bonds is 3. The smallest absolute Gasteiger partial charge is 0.127 e. The molecular weight excluding hydrogens is 272 g/mol. The summed E-state index contributed by atoms with van der Waals surface area (Å²) in [5, 5.41) is 0.747. The van der Waals surface area contributed by atoms with Crippen LogP contribution in [0.3, 0.4) is 0 Å². The van der Waals surface area contributed by atoms with Crippen molar-refractivity contribution < 1.29 is 4.39 Å². The van der Waals surface area contributed by atoms with Gasteiger partial charge in [-0.2, -0.15) is 0 Å². The summed E-state index contributed by atoms with van der Waals surface area (Å²) in [4.78, 5) is 2.14. The molecule has 100 valence electrons. The summed E-state index contributed by atoms with van der Waals surface area (Å²) in [5.74, 6) is -0.201. The molecule has 2 unspecified atom stereocenters. The van der Waals surface area contributed by atoms with Crippen LogP contribution in [0.1, 0.15) is 31.2 Å². The fourth-order valence-corrected chi connectivity index (χ4v) is 3.28. The van der Waals surface area contributed by atoms with E-state index < -0.39 is 0 Å². The molecule has 0 aromatic heterocycles. The molecule has 4 heteroatoms. The Morgan fingerprint density at radius 3 is 2.78 bits per heavy atom. The molecule has 0 bridgehead atoms. The van der Waals surface area contributed by atoms with Gasteiger partial charge in [-0.05, 0) is 38.1 Å². The maximum Gasteiger partial charge on any atom is 0.127 e. The standard InChI is InChI=1S/C14H18Cl2FN/c1-18(14-5-3-2-4-12(14)16)9-10-8-11(15)6-7-13(10)17/h6-8,12,14H,2-5,9H2,1H3. The van der Waals surface area contributed by atoms with Crippen LogP contribution in [0.15, 0.2) is 18.2 Å². The van der Waals surface area contributed by atoms with Gasteiger partial charge in [0.05, 0.1) is 0 Å². The zero-order chi connectivity index (χ0) is 13.1. The largest absolute Gasteiger partial charge is 0.298 e. The van der Waals surface area contributed by atoms with Gasteiger partial charge in [-0.15, -0.1) is 11.6 Å². The molecule has 0 heterocycles. The molecule has 1 aromatic carbocycles. The van der Waals surface area contributed by atoms with Crippen molar-refractivity contribution in [1.82, 2.24) is 4.90 Å². The molecule has 1 nitrogen and oxygen atoms in total. The SMILES string of the molecule is CN(Cc1cc(Cl)ccc1F)C1CCCCC1Cl. The molecule has 1 fully saturated rings. The number of alkyl halides is 1. The zero-order valence-electron chi connectivity index (χ0n) is 10.5. The van der Waals surface area contributed by atoms with Gasteiger partial charge < -0.3 is 0 Å². The quantitative estimate of drug-likeness (QED) is 0.743. The van der Waals surface area contributed by atoms with E-state index in [1.165, 1.54) is 18.9 Å². The summed E-state index contributed by atoms with van der Waals surface area (Å²) in [6.45, 7) is 0.556. The van der Waals surface area contributed by atoms with Gasteiger partial charge in [0.25, 0.3) is 0 Å². The van der Waals surface area contributed by atoms with Gasteiger partial charge >= 0.3 is 0 Å². The van der Waals surface area contributed by atoms with Crippen LogP contribution in [0.2, 0.25) is 5.02 Å². The number of hydrogen-bond acceptors (Lipinski definition) is 1. The van der Waals surface area contributed by atoms with E-state index in [-0.39, 0.29) is 11.2 Å². The van der Waals surface area contributed by atoms with E-state index in [2.05, 4.69) is 4.90 Å². The van der Waals surface area contributed by atoms with Crippen LogP contribution in [-0.2, 0) is 6.54 Å². The van der Waals surface area contributed by atoms with E-state index in [9.17, 15) is 4.39 Å². The Hall–Kier alpha value is -0.310. The van der Waals surface area contributed by atoms with Crippen LogP contribution < -0.4 is 0 Å². The Kier molecular flexibility index (Phi) is 4.88. The second-order valence-corrected chi connectivity index (χ2v) is 6.02. The Bertz CT molecular complexity index is 411. The Balaban J connectivity index is 2.05. The number of nitrogens with zero attached hydrogens (tertiary/aromatic N) is 1. The van der Waals surface area contributed by atoms with Gasteiger partial charge in [0.1, 0.15) is 5.82 Å². The van der Waals surface area contributed by atoms with Crippen LogP contribution in [-0.4, -0.2) is 23.4 Å². The fourth-order valence-electron chi connectivity index (χ4n) is 2.61. The summed E-state index contributed by atoms with van der Waals surface area (Å²) in [6.07, 6.45) is 4.54. The molecule has 0 radical (unpaired) electrons. The Morgan fingerprint density at radius 2 is 2.06 bits per heavy atom. The van der Waals surface area contributed by atoms with Gasteiger partial charge in [-0.1, -0.05) is 24.4 Å². The van der Waals surface area contributed by atoms with Gasteiger partial charge in [0.2, 0.25) is 0 Å². The number of benzene rings is 1. The monoisotopic (exact) mass is 289 g/mol. The van der Waals surface area contributed by atoms with Crippen molar-refractivity contribution in [3.63, 3.8) is 0 Å². The minimum absolute atomic E-state index is 0.172. The van der Waals surface area contributed by atoms with Crippen molar-refractivity contribution in [1.29, 1.82) is 0 Å². The first kappa shape index (κ1) is 14.1. The molecule has 0 N–H and O–H groups in total. The molecular formula is C14H18Cl2FN. The molecule has 0 saturated heterocycles. The van der Waals surface area contributed by atoms with Gasteiger partial charge in [0.15, 0.2) is 0 Å². The average Bonchev–Trinajstić information content (AvgIpc) is 2.34. The van der Waals surface area contributed by atoms with E-state index in [0.717, 1.165) is 12.8 Å². The Morgan fingerprint density at radius 1 is 1.33 bits per heavy atom. The first-order valence-electron chi connectivity index (χ1n) is 6.36. The zero-order valence-corrected chi connectivity index (χ0v) is 12.0. The highest BCUT2D eigenvalue weighted by Crippen LogP contribution is 2.28. The third kappa shape index (κ3) is 3.37. The third-order valence-corrected chi connectivity index (χ3v) is 4.39. The molecule has 1 aliphatic carbocycles. The van der Waals surface area contributed by atoms with E-state index in [0.29, 0.717) is 23.2 Å². The predicted octanol–water partition coefficient (Wildman–Crippen LogP) is 4.46. The van der Waals surface area contributed by atoms with Crippen molar-refractivity contribution in [2.45, 2.75) is 43.6 Å². The first-order valence-corrected chi connectivity index (χ1v) is 7.17. The summed E-state index contributed by atoms with van der Waals surface area (Å²) >= 11 is 12.3. The van der Waals surface area contributed by atoms with Crippen LogP contribution in [0.25, 0.3) is 0 Å². The predicted molar refractivity (Wildman–Crippen MR) is 74.8 cm³/mol. The number of halogens is 3. The van der Waals surface area contributed by atoms with Crippen LogP contribution in [0, 0.1) is 5.82 Å². The van der Waals surface area contributed by atoms with Gasteiger partial charge in [-0.3, -0.25) is 4.90 Å². The summed E-state index contributed by atoms with van der Waals surface area (Å²) in [5.41, 5.74) is 0.638. The highest BCUT2D eigenvalue weighted by atomic mass is 35.5. The van der Waals surface area contributed by atoms with Crippen molar-refractivity contribution >= 4 is 23.2 Å². The topological polar surface area (TPSA) is 3.24 Å². The number of hydrogen-bond donors (Lipinski definition) is 0. The van der Waals surface area contributed by atoms with E-state index in [1.54, 1.807) is 12.1 Å². The molecule has 1 saturated carbocycles. The second kappa shape index (κ2) is 6.23. The molecule has 1 aliphatic rings. The van der Waals surface area contributed by atoms with Crippen LogP contribution in [0.4, 0.5) is 4.39 Å². The van der Waals surface area contributed by atoms with E-state index in [4.69, 9.17) is 23.2 Å². The molecule has 2 rings (SSSR count). The van der Waals surface area contributed by atoms with E-state index >= 15 is 0 Å². The molecule has 0 spiro atoms. The minimum Gasteiger partial charge on any atom is -0.298 e. The highest BCUT2D eigenvalue weighted by molar-refractivity contribution is 6.30. The maximum atomic E-state index is 13.7. The minimum atomic E-state index is -0.201. The fraction of sp³-hybridized carbons (Fsp3) is 0.571. The highest BCUT2D eigenvalue weighted by Gasteiger charge is 2.26. The van der Waals surface area contributed by atoms with E-state index in [1.807, 2.05) is 7.05 Å². The summed E-state index contributed by atoms with van der Waals surface area (Å²) < 4.78 is 13.7. The lowest BCUT2D eigenvalue weighted by atomic mass is 9.93. The maximum absolute atomic E-state index is 13.7. The lowest BCUT2D eigenvalue weighted by molar-refractivity contribution is 0.186. The van der Waals surface area contributed by atoms with Crippen molar-refractivity contribution in [3.8, 4) is 0 Å². The normalized spacial score (nSPS) is 24.5. The van der Waals surface area contributed by atoms with Crippen molar-refractivity contribution in [2.75, 3.05) is 7.05 Å². The average molecular weight is 290 g/mol. The van der Waals surface area contributed by atoms with Crippen LogP contribution >= 0.6 is 23.2 Å². The third-order valence-electron chi connectivity index (χ3n) is 3.64. The molecule has 0 amide bonds. The Labute approximate surface area is 118 Å². The molecule has 18 heavy (non-hydrogen) atoms. The lowest BCUT2D eigenvalue weighted by Gasteiger charge is -2.35. The van der Waals surface area contributed by atoms with Crippen LogP contribution in [0.5, 0.6) is 0 Å². The second-order valence-electron chi connectivity index (χ2n) is 5.02. The first-order chi connectivity index (χ1) is 8.58. The summed E-state index contributed by atoms with van der Waals surface area (Å²) in [7, 11) is 2.01. The van der Waals surface area contributed by atoms with Crippen molar-refractivity contribution in [3.05, 3.63) is 34.6 Å².